The average Bonchev–Trinajstić information content (AvgIpc) is 2.50. The van der Waals surface area contributed by atoms with Crippen molar-refractivity contribution in [3.05, 3.63) is 35.9 Å². The van der Waals surface area contributed by atoms with Crippen molar-refractivity contribution in [1.82, 2.24) is 10.6 Å². The first-order valence-corrected chi connectivity index (χ1v) is 8.14. The van der Waals surface area contributed by atoms with Gasteiger partial charge in [-0.3, -0.25) is 4.79 Å². The first-order valence-electron chi connectivity index (χ1n) is 8.14. The van der Waals surface area contributed by atoms with E-state index in [4.69, 9.17) is 4.74 Å². The van der Waals surface area contributed by atoms with Crippen LogP contribution >= 0.6 is 0 Å². The molecular formula is C18H26N2O5. The van der Waals surface area contributed by atoms with E-state index in [0.29, 0.717) is 6.42 Å². The number of alkyl carbamates (subject to hydrolysis) is 1. The molecule has 0 aromatic heterocycles. The zero-order valence-corrected chi connectivity index (χ0v) is 14.9. The minimum atomic E-state index is -1.14. The Labute approximate surface area is 147 Å². The zero-order chi connectivity index (χ0) is 18.9. The molecule has 25 heavy (non-hydrogen) atoms. The molecule has 0 spiro atoms. The van der Waals surface area contributed by atoms with E-state index in [2.05, 4.69) is 10.6 Å². The Morgan fingerprint density at radius 2 is 1.80 bits per heavy atom. The molecule has 0 radical (unpaired) electrons. The van der Waals surface area contributed by atoms with Crippen LogP contribution in [0.3, 0.4) is 0 Å². The van der Waals surface area contributed by atoms with Gasteiger partial charge in [0.05, 0.1) is 6.54 Å². The number of aliphatic carboxylic acids is 1. The number of carbonyl (C=O) groups excluding carboxylic acids is 2. The molecule has 0 bridgehead atoms. The maximum Gasteiger partial charge on any atom is 0.407 e. The number of benzene rings is 1. The van der Waals surface area contributed by atoms with Crippen LogP contribution in [0.4, 0.5) is 4.79 Å². The normalized spacial score (nSPS) is 12.1. The highest BCUT2D eigenvalue weighted by atomic mass is 16.5. The van der Waals surface area contributed by atoms with Crippen LogP contribution in [0.25, 0.3) is 0 Å². The van der Waals surface area contributed by atoms with E-state index in [0.717, 1.165) is 5.56 Å². The van der Waals surface area contributed by atoms with E-state index < -0.39 is 18.1 Å². The van der Waals surface area contributed by atoms with Crippen molar-refractivity contribution >= 4 is 18.0 Å². The van der Waals surface area contributed by atoms with Crippen molar-refractivity contribution in [2.75, 3.05) is 13.2 Å². The van der Waals surface area contributed by atoms with Gasteiger partial charge >= 0.3 is 12.1 Å². The highest BCUT2D eigenvalue weighted by Crippen LogP contribution is 2.17. The SMILES string of the molecule is CC(C)(C)CC(=O)NCCOC(=O)N[C@@H](Cc1ccccc1)C(=O)O. The van der Waals surface area contributed by atoms with Gasteiger partial charge < -0.3 is 20.5 Å². The fraction of sp³-hybridized carbons (Fsp3) is 0.500. The standard InChI is InChI=1S/C18H26N2O5/c1-18(2,3)12-15(21)19-9-10-25-17(24)20-14(16(22)23)11-13-7-5-4-6-8-13/h4-8,14H,9-12H2,1-3H3,(H,19,21)(H,20,24)(H,22,23)/t14-/m0/s1. The Hall–Kier alpha value is -2.57. The van der Waals surface area contributed by atoms with Gasteiger partial charge in [0.2, 0.25) is 5.91 Å². The summed E-state index contributed by atoms with van der Waals surface area (Å²) >= 11 is 0. The molecule has 1 aromatic rings. The predicted molar refractivity (Wildman–Crippen MR) is 93.1 cm³/mol. The molecule has 1 aromatic carbocycles. The fourth-order valence-electron chi connectivity index (χ4n) is 2.11. The lowest BCUT2D eigenvalue weighted by Gasteiger charge is -2.17. The maximum atomic E-state index is 11.7. The molecule has 1 atom stereocenters. The summed E-state index contributed by atoms with van der Waals surface area (Å²) in [5, 5.41) is 14.2. The Kier molecular flexibility index (Phi) is 7.91. The number of carbonyl (C=O) groups is 3. The molecule has 0 unspecified atom stereocenters. The molecule has 3 N–H and O–H groups in total. The molecule has 138 valence electrons. The highest BCUT2D eigenvalue weighted by Gasteiger charge is 2.21. The number of amides is 2. The first kappa shape index (κ1) is 20.5. The molecule has 2 amide bonds. The minimum Gasteiger partial charge on any atom is -0.480 e. The Balaban J connectivity index is 2.33. The molecule has 0 aliphatic carbocycles. The molecule has 0 saturated heterocycles. The summed E-state index contributed by atoms with van der Waals surface area (Å²) in [5.41, 5.74) is 0.679. The van der Waals surface area contributed by atoms with Crippen LogP contribution in [-0.2, 0) is 20.7 Å². The van der Waals surface area contributed by atoms with Crippen LogP contribution in [0.5, 0.6) is 0 Å². The summed E-state index contributed by atoms with van der Waals surface area (Å²) in [4.78, 5) is 34.6. The van der Waals surface area contributed by atoms with Crippen molar-refractivity contribution < 1.29 is 24.2 Å². The van der Waals surface area contributed by atoms with Crippen LogP contribution in [0, 0.1) is 5.41 Å². The summed E-state index contributed by atoms with van der Waals surface area (Å²) in [7, 11) is 0. The van der Waals surface area contributed by atoms with Gasteiger partial charge in [-0.05, 0) is 11.0 Å². The lowest BCUT2D eigenvalue weighted by Crippen LogP contribution is -2.43. The van der Waals surface area contributed by atoms with E-state index in [1.165, 1.54) is 0 Å². The Morgan fingerprint density at radius 1 is 1.16 bits per heavy atom. The number of hydrogen-bond donors (Lipinski definition) is 3. The molecule has 0 heterocycles. The monoisotopic (exact) mass is 350 g/mol. The largest absolute Gasteiger partial charge is 0.480 e. The van der Waals surface area contributed by atoms with Gasteiger partial charge in [-0.15, -0.1) is 0 Å². The third-order valence-corrected chi connectivity index (χ3v) is 3.22. The summed E-state index contributed by atoms with van der Waals surface area (Å²) in [6, 6.07) is 7.92. The lowest BCUT2D eigenvalue weighted by atomic mass is 9.92. The van der Waals surface area contributed by atoms with Gasteiger partial charge in [0, 0.05) is 12.8 Å². The number of ether oxygens (including phenoxy) is 1. The van der Waals surface area contributed by atoms with Crippen molar-refractivity contribution in [1.29, 1.82) is 0 Å². The van der Waals surface area contributed by atoms with E-state index in [1.54, 1.807) is 24.3 Å². The first-order chi connectivity index (χ1) is 11.7. The van der Waals surface area contributed by atoms with E-state index in [9.17, 15) is 19.5 Å². The summed E-state index contributed by atoms with van der Waals surface area (Å²) in [6.45, 7) is 6.01. The second-order valence-corrected chi connectivity index (χ2v) is 6.95. The number of carboxylic acids is 1. The second kappa shape index (κ2) is 9.66. The molecular weight excluding hydrogens is 324 g/mol. The Morgan fingerprint density at radius 3 is 2.36 bits per heavy atom. The van der Waals surface area contributed by atoms with Crippen molar-refractivity contribution in [2.45, 2.75) is 39.7 Å². The molecule has 0 aliphatic rings. The molecule has 7 nitrogen and oxygen atoms in total. The topological polar surface area (TPSA) is 105 Å². The van der Waals surface area contributed by atoms with E-state index >= 15 is 0 Å². The van der Waals surface area contributed by atoms with Crippen molar-refractivity contribution in [2.24, 2.45) is 5.41 Å². The number of carboxylic acid groups (broad SMARTS) is 1. The van der Waals surface area contributed by atoms with Gasteiger partial charge in [0.15, 0.2) is 0 Å². The van der Waals surface area contributed by atoms with Gasteiger partial charge in [0.1, 0.15) is 12.6 Å². The van der Waals surface area contributed by atoms with Gasteiger partial charge in [-0.25, -0.2) is 9.59 Å². The average molecular weight is 350 g/mol. The molecule has 0 fully saturated rings. The summed E-state index contributed by atoms with van der Waals surface area (Å²) in [6.07, 6.45) is -0.293. The highest BCUT2D eigenvalue weighted by molar-refractivity contribution is 5.80. The van der Waals surface area contributed by atoms with E-state index in [-0.39, 0.29) is 30.9 Å². The fourth-order valence-corrected chi connectivity index (χ4v) is 2.11. The zero-order valence-electron chi connectivity index (χ0n) is 14.9. The maximum absolute atomic E-state index is 11.7. The van der Waals surface area contributed by atoms with Gasteiger partial charge in [-0.2, -0.15) is 0 Å². The molecule has 1 rings (SSSR count). The number of hydrogen-bond acceptors (Lipinski definition) is 4. The molecule has 0 saturated carbocycles. The third-order valence-electron chi connectivity index (χ3n) is 3.22. The van der Waals surface area contributed by atoms with Crippen LogP contribution in [-0.4, -0.2) is 42.3 Å². The van der Waals surface area contributed by atoms with Crippen molar-refractivity contribution in [3.8, 4) is 0 Å². The van der Waals surface area contributed by atoms with Crippen LogP contribution in [0.2, 0.25) is 0 Å². The van der Waals surface area contributed by atoms with Crippen LogP contribution < -0.4 is 10.6 Å². The minimum absolute atomic E-state index is 0.0284. The van der Waals surface area contributed by atoms with Crippen LogP contribution in [0.1, 0.15) is 32.8 Å². The van der Waals surface area contributed by atoms with Crippen molar-refractivity contribution in [3.63, 3.8) is 0 Å². The lowest BCUT2D eigenvalue weighted by molar-refractivity contribution is -0.139. The summed E-state index contributed by atoms with van der Waals surface area (Å²) < 4.78 is 4.91. The smallest absolute Gasteiger partial charge is 0.407 e. The van der Waals surface area contributed by atoms with Gasteiger partial charge in [0.25, 0.3) is 0 Å². The van der Waals surface area contributed by atoms with Crippen LogP contribution in [0.15, 0.2) is 30.3 Å². The second-order valence-electron chi connectivity index (χ2n) is 6.95. The predicted octanol–water partition coefficient (Wildman–Crippen LogP) is 1.96. The van der Waals surface area contributed by atoms with E-state index in [1.807, 2.05) is 26.8 Å². The summed E-state index contributed by atoms with van der Waals surface area (Å²) in [5.74, 6) is -1.26. The Bertz CT molecular complexity index is 581. The van der Waals surface area contributed by atoms with Gasteiger partial charge in [-0.1, -0.05) is 51.1 Å². The third kappa shape index (κ3) is 9.34. The number of nitrogens with one attached hydrogen (secondary N) is 2. The molecule has 0 aliphatic heterocycles. The molecule has 7 heteroatoms. The quantitative estimate of drug-likeness (QED) is 0.622. The number of rotatable bonds is 8.